The van der Waals surface area contributed by atoms with Crippen molar-refractivity contribution in [1.82, 2.24) is 0 Å². The number of carbonyl (C=O) groups excluding carboxylic acids is 2. The van der Waals surface area contributed by atoms with E-state index >= 15 is 0 Å². The van der Waals surface area contributed by atoms with Crippen LogP contribution in [-0.4, -0.2) is 32.4 Å². The Morgan fingerprint density at radius 3 is 2.62 bits per heavy atom. The van der Waals surface area contributed by atoms with Gasteiger partial charge in [0.05, 0.1) is 6.42 Å². The lowest BCUT2D eigenvalue weighted by Gasteiger charge is -2.02. The molecule has 0 saturated carbocycles. The summed E-state index contributed by atoms with van der Waals surface area (Å²) in [5.74, 6) is -1.03. The molecule has 0 atom stereocenters. The fraction of sp³-hybridized carbons (Fsp3) is 0.500. The highest BCUT2D eigenvalue weighted by Crippen LogP contribution is 1.89. The van der Waals surface area contributed by atoms with E-state index in [9.17, 15) is 9.59 Å². The monoisotopic (exact) mass is 188 g/mol. The van der Waals surface area contributed by atoms with Crippen molar-refractivity contribution < 1.29 is 23.8 Å². The van der Waals surface area contributed by atoms with Crippen molar-refractivity contribution in [2.75, 3.05) is 20.5 Å². The van der Waals surface area contributed by atoms with E-state index in [0.29, 0.717) is 0 Å². The molecule has 0 bridgehead atoms. The molecular weight excluding hydrogens is 176 g/mol. The number of carbonyl (C=O) groups is 2. The van der Waals surface area contributed by atoms with Gasteiger partial charge in [0.25, 0.3) is 0 Å². The molecule has 0 heterocycles. The van der Waals surface area contributed by atoms with E-state index < -0.39 is 11.9 Å². The third-order valence-corrected chi connectivity index (χ3v) is 1.05. The summed E-state index contributed by atoms with van der Waals surface area (Å²) in [5, 5.41) is 0. The Morgan fingerprint density at radius 1 is 1.38 bits per heavy atom. The predicted octanol–water partition coefficient (Wildman–Crippen LogP) is 0.253. The molecule has 0 amide bonds. The summed E-state index contributed by atoms with van der Waals surface area (Å²) in [6.07, 6.45) is 1.05. The maximum absolute atomic E-state index is 10.8. The van der Waals surface area contributed by atoms with Gasteiger partial charge >= 0.3 is 11.9 Å². The molecule has 0 spiro atoms. The first kappa shape index (κ1) is 11.6. The average Bonchev–Trinajstić information content (AvgIpc) is 2.14. The largest absolute Gasteiger partial charge is 0.462 e. The lowest BCUT2D eigenvalue weighted by molar-refractivity contribution is -0.156. The standard InChI is InChI=1S/C8H12O5/c1-3-7(9)12-5-4-8(10)13-6-11-2/h3H,1,4-6H2,2H3. The number of hydrogen-bond donors (Lipinski definition) is 0. The molecule has 74 valence electrons. The topological polar surface area (TPSA) is 61.8 Å². The summed E-state index contributed by atoms with van der Waals surface area (Å²) in [4.78, 5) is 21.2. The summed E-state index contributed by atoms with van der Waals surface area (Å²) in [5.41, 5.74) is 0. The first-order valence-corrected chi connectivity index (χ1v) is 3.64. The summed E-state index contributed by atoms with van der Waals surface area (Å²) in [6.45, 7) is 3.10. The SMILES string of the molecule is C=CC(=O)OCCC(=O)OCOC. The van der Waals surface area contributed by atoms with Crippen LogP contribution in [0.15, 0.2) is 12.7 Å². The summed E-state index contributed by atoms with van der Waals surface area (Å²) in [7, 11) is 1.41. The molecular formula is C8H12O5. The first-order valence-electron chi connectivity index (χ1n) is 3.64. The van der Waals surface area contributed by atoms with Gasteiger partial charge in [0, 0.05) is 13.2 Å². The van der Waals surface area contributed by atoms with Crippen LogP contribution in [0.1, 0.15) is 6.42 Å². The van der Waals surface area contributed by atoms with Crippen LogP contribution in [0.5, 0.6) is 0 Å². The molecule has 0 saturated heterocycles. The Bertz CT molecular complexity index is 187. The fourth-order valence-electron chi connectivity index (χ4n) is 0.491. The van der Waals surface area contributed by atoms with Crippen LogP contribution in [0.4, 0.5) is 0 Å². The molecule has 5 nitrogen and oxygen atoms in total. The lowest BCUT2D eigenvalue weighted by atomic mass is 10.5. The molecule has 0 rings (SSSR count). The Balaban J connectivity index is 3.36. The zero-order chi connectivity index (χ0) is 10.1. The molecule has 0 N–H and O–H groups in total. The van der Waals surface area contributed by atoms with E-state index in [1.54, 1.807) is 0 Å². The van der Waals surface area contributed by atoms with Gasteiger partial charge in [0.1, 0.15) is 6.61 Å². The van der Waals surface area contributed by atoms with Gasteiger partial charge < -0.3 is 14.2 Å². The molecule has 0 radical (unpaired) electrons. The molecule has 0 aromatic carbocycles. The first-order chi connectivity index (χ1) is 6.20. The second kappa shape index (κ2) is 7.30. The Hall–Kier alpha value is -1.36. The molecule has 0 fully saturated rings. The molecule has 0 unspecified atom stereocenters. The number of hydrogen-bond acceptors (Lipinski definition) is 5. The minimum Gasteiger partial charge on any atom is -0.462 e. The highest BCUT2D eigenvalue weighted by molar-refractivity contribution is 5.81. The average molecular weight is 188 g/mol. The Labute approximate surface area is 76.3 Å². The normalized spacial score (nSPS) is 9.00. The molecule has 5 heteroatoms. The number of ether oxygens (including phenoxy) is 3. The van der Waals surface area contributed by atoms with E-state index in [1.165, 1.54) is 7.11 Å². The van der Waals surface area contributed by atoms with Crippen LogP contribution in [0.25, 0.3) is 0 Å². The quantitative estimate of drug-likeness (QED) is 0.340. The second-order valence-corrected chi connectivity index (χ2v) is 2.04. The van der Waals surface area contributed by atoms with Crippen molar-refractivity contribution in [2.24, 2.45) is 0 Å². The summed E-state index contributed by atoms with van der Waals surface area (Å²) in [6, 6.07) is 0. The van der Waals surface area contributed by atoms with Gasteiger partial charge in [-0.15, -0.1) is 0 Å². The van der Waals surface area contributed by atoms with Gasteiger partial charge in [-0.2, -0.15) is 0 Å². The van der Waals surface area contributed by atoms with E-state index in [0.717, 1.165) is 6.08 Å². The zero-order valence-corrected chi connectivity index (χ0v) is 7.45. The number of rotatable bonds is 6. The molecule has 0 aliphatic heterocycles. The smallest absolute Gasteiger partial charge is 0.330 e. The van der Waals surface area contributed by atoms with Crippen LogP contribution >= 0.6 is 0 Å². The maximum atomic E-state index is 10.8. The van der Waals surface area contributed by atoms with Crippen LogP contribution in [0, 0.1) is 0 Å². The minimum atomic E-state index is -0.556. The third kappa shape index (κ3) is 7.02. The van der Waals surface area contributed by atoms with Gasteiger partial charge in [0.2, 0.25) is 0 Å². The molecule has 0 aromatic rings. The Morgan fingerprint density at radius 2 is 2.08 bits per heavy atom. The molecule has 0 aliphatic rings. The number of methoxy groups -OCH3 is 1. The summed E-state index contributed by atoms with van der Waals surface area (Å²) >= 11 is 0. The van der Waals surface area contributed by atoms with Gasteiger partial charge in [-0.25, -0.2) is 4.79 Å². The van der Waals surface area contributed by atoms with Crippen LogP contribution < -0.4 is 0 Å². The van der Waals surface area contributed by atoms with E-state index in [1.807, 2.05) is 0 Å². The third-order valence-electron chi connectivity index (χ3n) is 1.05. The van der Waals surface area contributed by atoms with Crippen molar-refractivity contribution in [3.8, 4) is 0 Å². The van der Waals surface area contributed by atoms with Crippen molar-refractivity contribution in [3.05, 3.63) is 12.7 Å². The number of esters is 2. The second-order valence-electron chi connectivity index (χ2n) is 2.04. The lowest BCUT2D eigenvalue weighted by Crippen LogP contribution is -2.11. The maximum Gasteiger partial charge on any atom is 0.330 e. The fourth-order valence-corrected chi connectivity index (χ4v) is 0.491. The zero-order valence-electron chi connectivity index (χ0n) is 7.45. The van der Waals surface area contributed by atoms with E-state index in [-0.39, 0.29) is 19.8 Å². The van der Waals surface area contributed by atoms with Crippen LogP contribution in [0.3, 0.4) is 0 Å². The molecule has 13 heavy (non-hydrogen) atoms. The predicted molar refractivity (Wildman–Crippen MR) is 43.7 cm³/mol. The van der Waals surface area contributed by atoms with Gasteiger partial charge in [0.15, 0.2) is 6.79 Å². The van der Waals surface area contributed by atoms with Crippen molar-refractivity contribution in [1.29, 1.82) is 0 Å². The van der Waals surface area contributed by atoms with Crippen LogP contribution in [0.2, 0.25) is 0 Å². The molecule has 0 aliphatic carbocycles. The minimum absolute atomic E-state index is 0.00655. The van der Waals surface area contributed by atoms with Crippen molar-refractivity contribution >= 4 is 11.9 Å². The van der Waals surface area contributed by atoms with Crippen molar-refractivity contribution in [2.45, 2.75) is 6.42 Å². The van der Waals surface area contributed by atoms with E-state index in [4.69, 9.17) is 0 Å². The highest BCUT2D eigenvalue weighted by Gasteiger charge is 2.03. The van der Waals surface area contributed by atoms with Crippen LogP contribution in [-0.2, 0) is 23.8 Å². The summed E-state index contributed by atoms with van der Waals surface area (Å²) < 4.78 is 13.6. The van der Waals surface area contributed by atoms with E-state index in [2.05, 4.69) is 20.8 Å². The van der Waals surface area contributed by atoms with Crippen molar-refractivity contribution in [3.63, 3.8) is 0 Å². The van der Waals surface area contributed by atoms with Gasteiger partial charge in [-0.1, -0.05) is 6.58 Å². The van der Waals surface area contributed by atoms with Gasteiger partial charge in [-0.3, -0.25) is 4.79 Å². The van der Waals surface area contributed by atoms with Gasteiger partial charge in [-0.05, 0) is 0 Å². The highest BCUT2D eigenvalue weighted by atomic mass is 16.7. The molecule has 0 aromatic heterocycles. The Kier molecular flexibility index (Phi) is 6.53.